The highest BCUT2D eigenvalue weighted by molar-refractivity contribution is 5.75. The summed E-state index contributed by atoms with van der Waals surface area (Å²) in [7, 11) is 0. The van der Waals surface area contributed by atoms with Crippen molar-refractivity contribution in [2.24, 2.45) is 10.4 Å². The molecule has 1 atom stereocenters. The summed E-state index contributed by atoms with van der Waals surface area (Å²) >= 11 is 0. The Kier molecular flexibility index (Phi) is 6.09. The summed E-state index contributed by atoms with van der Waals surface area (Å²) in [6, 6.07) is 9.16. The summed E-state index contributed by atoms with van der Waals surface area (Å²) in [6.07, 6.45) is 2.76. The third-order valence-corrected chi connectivity index (χ3v) is 5.26. The molecule has 32 heavy (non-hydrogen) atoms. The van der Waals surface area contributed by atoms with Crippen LogP contribution in [0.2, 0.25) is 0 Å². The fourth-order valence-electron chi connectivity index (χ4n) is 3.60. The van der Waals surface area contributed by atoms with Crippen molar-refractivity contribution < 1.29 is 14.3 Å². The van der Waals surface area contributed by atoms with E-state index in [0.29, 0.717) is 37.3 Å². The molecule has 2 aliphatic rings. The Morgan fingerprint density at radius 2 is 1.94 bits per heavy atom. The smallest absolute Gasteiger partial charge is 0.389 e. The van der Waals surface area contributed by atoms with Gasteiger partial charge in [0, 0.05) is 13.1 Å². The van der Waals surface area contributed by atoms with E-state index in [9.17, 15) is 9.59 Å². The van der Waals surface area contributed by atoms with Gasteiger partial charge in [-0.2, -0.15) is 0 Å². The molecular weight excluding hydrogens is 410 g/mol. The van der Waals surface area contributed by atoms with Gasteiger partial charge in [0.1, 0.15) is 5.35 Å². The van der Waals surface area contributed by atoms with E-state index in [0.717, 1.165) is 5.56 Å². The first-order chi connectivity index (χ1) is 15.3. The molecule has 0 saturated carbocycles. The highest BCUT2D eigenvalue weighted by Crippen LogP contribution is 2.28. The molecule has 1 unspecified atom stereocenters. The van der Waals surface area contributed by atoms with E-state index < -0.39 is 6.09 Å². The fraction of sp³-hybridized carbons (Fsp3) is 0.391. The topological polar surface area (TPSA) is 109 Å². The van der Waals surface area contributed by atoms with Crippen molar-refractivity contribution in [1.82, 2.24) is 20.2 Å². The van der Waals surface area contributed by atoms with Gasteiger partial charge >= 0.3 is 6.09 Å². The van der Waals surface area contributed by atoms with Crippen LogP contribution in [0.5, 0.6) is 5.88 Å². The van der Waals surface area contributed by atoms with Crippen molar-refractivity contribution in [2.45, 2.75) is 26.8 Å². The monoisotopic (exact) mass is 437 g/mol. The fourth-order valence-corrected chi connectivity index (χ4v) is 3.60. The van der Waals surface area contributed by atoms with E-state index in [2.05, 4.69) is 20.3 Å². The van der Waals surface area contributed by atoms with Crippen molar-refractivity contribution in [2.75, 3.05) is 26.3 Å². The van der Waals surface area contributed by atoms with Gasteiger partial charge in [0.05, 0.1) is 31.3 Å². The number of hydrogen-bond acceptors (Lipinski definition) is 7. The molecule has 0 bridgehead atoms. The zero-order valence-electron chi connectivity index (χ0n) is 18.4. The lowest BCUT2D eigenvalue weighted by molar-refractivity contribution is 0.0410. The normalized spacial score (nSPS) is 20.9. The number of ether oxygens (including phenoxy) is 2. The number of nitrogens with zero attached hydrogens (tertiary/aromatic N) is 3. The number of morpholine rings is 1. The van der Waals surface area contributed by atoms with E-state index >= 15 is 0 Å². The van der Waals surface area contributed by atoms with Crippen molar-refractivity contribution >= 4 is 24.2 Å². The molecule has 9 heteroatoms. The Bertz CT molecular complexity index is 1190. The molecule has 4 rings (SSSR count). The zero-order chi connectivity index (χ0) is 22.7. The summed E-state index contributed by atoms with van der Waals surface area (Å²) in [4.78, 5) is 39.1. The first kappa shape index (κ1) is 21.8. The molecule has 1 amide bonds. The molecule has 2 aromatic rings. The molecule has 2 N–H and O–H groups in total. The number of aromatic amines is 1. The lowest BCUT2D eigenvalue weighted by Crippen LogP contribution is -2.46. The van der Waals surface area contributed by atoms with Crippen molar-refractivity contribution in [3.63, 3.8) is 0 Å². The number of rotatable bonds is 2. The Morgan fingerprint density at radius 3 is 2.62 bits per heavy atom. The lowest BCUT2D eigenvalue weighted by atomic mass is 9.85. The van der Waals surface area contributed by atoms with Crippen LogP contribution in [0.25, 0.3) is 11.8 Å². The van der Waals surface area contributed by atoms with Crippen LogP contribution in [-0.2, 0) is 4.74 Å². The predicted octanol–water partition coefficient (Wildman–Crippen LogP) is 0.584. The molecule has 1 saturated heterocycles. The van der Waals surface area contributed by atoms with E-state index in [1.54, 1.807) is 17.3 Å². The van der Waals surface area contributed by atoms with Crippen LogP contribution < -0.4 is 26.3 Å². The summed E-state index contributed by atoms with van der Waals surface area (Å²) < 4.78 is 11.0. The SMILES string of the molecule is CC(C)(C)C1N=CN/C1=c1/nc(OC(=O)N2CCOCC2)/c(=C/c2ccccc2)[nH]c1=O. The van der Waals surface area contributed by atoms with Gasteiger partial charge in [0.25, 0.3) is 5.56 Å². The summed E-state index contributed by atoms with van der Waals surface area (Å²) in [5.74, 6) is 0.0359. The third-order valence-electron chi connectivity index (χ3n) is 5.26. The number of aromatic nitrogens is 2. The Balaban J connectivity index is 1.84. The van der Waals surface area contributed by atoms with Crippen molar-refractivity contribution in [1.29, 1.82) is 0 Å². The Morgan fingerprint density at radius 1 is 1.22 bits per heavy atom. The van der Waals surface area contributed by atoms with Gasteiger partial charge in [-0.15, -0.1) is 0 Å². The number of benzene rings is 1. The number of carbonyl (C=O) groups excluding carboxylic acids is 1. The van der Waals surface area contributed by atoms with Gasteiger partial charge in [-0.25, -0.2) is 9.78 Å². The molecule has 0 radical (unpaired) electrons. The quantitative estimate of drug-likeness (QED) is 0.712. The number of nitrogens with one attached hydrogen (secondary N) is 2. The minimum atomic E-state index is -0.533. The third kappa shape index (κ3) is 4.72. The van der Waals surface area contributed by atoms with Crippen LogP contribution in [-0.4, -0.2) is 59.6 Å². The number of amides is 1. The molecule has 1 fully saturated rings. The maximum absolute atomic E-state index is 13.0. The highest BCUT2D eigenvalue weighted by Gasteiger charge is 2.32. The number of hydrogen-bond donors (Lipinski definition) is 2. The Labute approximate surface area is 185 Å². The molecule has 1 aromatic carbocycles. The van der Waals surface area contributed by atoms with Crippen molar-refractivity contribution in [3.8, 4) is 5.88 Å². The van der Waals surface area contributed by atoms with E-state index in [-0.39, 0.29) is 28.2 Å². The molecule has 0 spiro atoms. The second-order valence-corrected chi connectivity index (χ2v) is 8.76. The van der Waals surface area contributed by atoms with Crippen LogP contribution in [0.3, 0.4) is 0 Å². The van der Waals surface area contributed by atoms with Gasteiger partial charge in [0.2, 0.25) is 5.88 Å². The second-order valence-electron chi connectivity index (χ2n) is 8.76. The molecule has 1 aromatic heterocycles. The average molecular weight is 438 g/mol. The molecule has 3 heterocycles. The second kappa shape index (κ2) is 8.96. The maximum Gasteiger partial charge on any atom is 0.416 e. The van der Waals surface area contributed by atoms with Gasteiger partial charge < -0.3 is 24.7 Å². The minimum absolute atomic E-state index is 0.0359. The first-order valence-electron chi connectivity index (χ1n) is 10.6. The molecular formula is C23H27N5O4. The van der Waals surface area contributed by atoms with E-state index in [4.69, 9.17) is 9.47 Å². The number of carbonyl (C=O) groups is 1. The zero-order valence-corrected chi connectivity index (χ0v) is 18.4. The van der Waals surface area contributed by atoms with Crippen molar-refractivity contribution in [3.05, 3.63) is 56.9 Å². The maximum atomic E-state index is 13.0. The highest BCUT2D eigenvalue weighted by atomic mass is 16.6. The molecule has 2 aliphatic heterocycles. The van der Waals surface area contributed by atoms with Gasteiger partial charge in [0.15, 0.2) is 5.35 Å². The average Bonchev–Trinajstić information content (AvgIpc) is 3.27. The molecule has 9 nitrogen and oxygen atoms in total. The largest absolute Gasteiger partial charge is 0.416 e. The minimum Gasteiger partial charge on any atom is -0.389 e. The standard InChI is InChI=1S/C23H27N5O4/c1-23(2,3)19-17(24-14-25-19)18-20(29)26-16(13-15-7-5-4-6-8-15)21(27-18)32-22(30)28-9-11-31-12-10-28/h4-8,13-14,19H,9-12H2,1-3H3,(H,24,25)(H,26,29)/b16-13-,18-17+. The molecule has 168 valence electrons. The van der Waals surface area contributed by atoms with Crippen LogP contribution in [0.1, 0.15) is 26.3 Å². The summed E-state index contributed by atoms with van der Waals surface area (Å²) in [5.41, 5.74) is 0.793. The number of H-pyrrole nitrogens is 1. The van der Waals surface area contributed by atoms with Crippen LogP contribution in [0, 0.1) is 5.41 Å². The van der Waals surface area contributed by atoms with Crippen LogP contribution >= 0.6 is 0 Å². The molecule has 0 aliphatic carbocycles. The van der Waals surface area contributed by atoms with Crippen LogP contribution in [0.4, 0.5) is 4.79 Å². The Hall–Kier alpha value is -3.46. The van der Waals surface area contributed by atoms with Crippen LogP contribution in [0.15, 0.2) is 40.1 Å². The summed E-state index contributed by atoms with van der Waals surface area (Å²) in [5, 5.41) is 3.52. The summed E-state index contributed by atoms with van der Waals surface area (Å²) in [6.45, 7) is 7.88. The lowest BCUT2D eigenvalue weighted by Gasteiger charge is -2.26. The first-order valence-corrected chi connectivity index (χ1v) is 10.6. The van der Waals surface area contributed by atoms with Gasteiger partial charge in [-0.05, 0) is 17.1 Å². The van der Waals surface area contributed by atoms with Gasteiger partial charge in [-0.3, -0.25) is 9.79 Å². The van der Waals surface area contributed by atoms with E-state index in [1.807, 2.05) is 51.1 Å². The van der Waals surface area contributed by atoms with Gasteiger partial charge in [-0.1, -0.05) is 51.1 Å². The predicted molar refractivity (Wildman–Crippen MR) is 121 cm³/mol. The van der Waals surface area contributed by atoms with E-state index in [1.165, 1.54) is 0 Å². The number of aliphatic imine (C=N–C) groups is 1.